The van der Waals surface area contributed by atoms with Crippen LogP contribution in [-0.4, -0.2) is 27.0 Å². The first-order valence-corrected chi connectivity index (χ1v) is 7.60. The molecule has 0 heterocycles. The average Bonchev–Trinajstić information content (AvgIpc) is 2.49. The zero-order chi connectivity index (χ0) is 16.2. The second kappa shape index (κ2) is 6.82. The first kappa shape index (κ1) is 16.3. The number of hydrogen-bond donors (Lipinski definition) is 0. The zero-order valence-corrected chi connectivity index (χ0v) is 14.1. The van der Waals surface area contributed by atoms with Gasteiger partial charge in [0.25, 0.3) is 0 Å². The van der Waals surface area contributed by atoms with Crippen molar-refractivity contribution >= 4 is 17.0 Å². The fourth-order valence-electron chi connectivity index (χ4n) is 2.49. The second-order valence-corrected chi connectivity index (χ2v) is 6.47. The number of hydrogen-bond acceptors (Lipinski definition) is 3. The molecule has 2 aromatic carbocycles. The number of fused-ring (bicyclic) bond motifs is 1. The molecule has 118 valence electrons. The van der Waals surface area contributed by atoms with Crippen LogP contribution >= 0.6 is 0 Å². The molecule has 0 spiro atoms. The van der Waals surface area contributed by atoms with Crippen molar-refractivity contribution in [3.63, 3.8) is 0 Å². The summed E-state index contributed by atoms with van der Waals surface area (Å²) in [5, 5.41) is 2.16. The van der Waals surface area contributed by atoms with E-state index in [-0.39, 0.29) is 5.41 Å². The van der Waals surface area contributed by atoms with Crippen LogP contribution < -0.4 is 9.47 Å². The van der Waals surface area contributed by atoms with Gasteiger partial charge in [-0.1, -0.05) is 45.0 Å². The molecule has 22 heavy (non-hydrogen) atoms. The van der Waals surface area contributed by atoms with Gasteiger partial charge in [-0.15, -0.1) is 0 Å². The standard InChI is InChI=1S/C19H25NO2/c1-19(2,3)13-20-11-10-14-12-17(21-4)15-8-6-7-9-16(15)18(14)22-5/h6-9,12-13H,10-11H2,1-5H3. The molecule has 0 amide bonds. The normalized spacial score (nSPS) is 12.0. The van der Waals surface area contributed by atoms with Crippen molar-refractivity contribution in [3.05, 3.63) is 35.9 Å². The topological polar surface area (TPSA) is 30.8 Å². The molecule has 3 nitrogen and oxygen atoms in total. The van der Waals surface area contributed by atoms with Gasteiger partial charge in [-0.3, -0.25) is 4.99 Å². The third-order valence-electron chi connectivity index (χ3n) is 3.45. The van der Waals surface area contributed by atoms with Crippen LogP contribution in [0.3, 0.4) is 0 Å². The highest BCUT2D eigenvalue weighted by Gasteiger charge is 2.13. The van der Waals surface area contributed by atoms with Gasteiger partial charge >= 0.3 is 0 Å². The van der Waals surface area contributed by atoms with Crippen molar-refractivity contribution < 1.29 is 9.47 Å². The summed E-state index contributed by atoms with van der Waals surface area (Å²) in [6, 6.07) is 10.2. The molecule has 2 aromatic rings. The zero-order valence-electron chi connectivity index (χ0n) is 14.1. The molecular weight excluding hydrogens is 274 g/mol. The van der Waals surface area contributed by atoms with Gasteiger partial charge in [0.15, 0.2) is 0 Å². The summed E-state index contributed by atoms with van der Waals surface area (Å²) in [6.45, 7) is 7.19. The van der Waals surface area contributed by atoms with E-state index in [9.17, 15) is 0 Å². The Balaban J connectivity index is 2.34. The summed E-state index contributed by atoms with van der Waals surface area (Å²) >= 11 is 0. The van der Waals surface area contributed by atoms with E-state index < -0.39 is 0 Å². The van der Waals surface area contributed by atoms with Crippen LogP contribution in [0.1, 0.15) is 26.3 Å². The summed E-state index contributed by atoms with van der Waals surface area (Å²) < 4.78 is 11.2. The largest absolute Gasteiger partial charge is 0.496 e. The Morgan fingerprint density at radius 2 is 1.73 bits per heavy atom. The van der Waals surface area contributed by atoms with Crippen molar-refractivity contribution in [2.45, 2.75) is 27.2 Å². The maximum Gasteiger partial charge on any atom is 0.130 e. The predicted octanol–water partition coefficient (Wildman–Crippen LogP) is 4.52. The van der Waals surface area contributed by atoms with Crippen molar-refractivity contribution in [1.29, 1.82) is 0 Å². The van der Waals surface area contributed by atoms with Crippen LogP contribution in [0.15, 0.2) is 35.3 Å². The van der Waals surface area contributed by atoms with Gasteiger partial charge in [0.2, 0.25) is 0 Å². The maximum atomic E-state index is 5.65. The number of methoxy groups -OCH3 is 2. The van der Waals surface area contributed by atoms with Crippen molar-refractivity contribution in [2.24, 2.45) is 10.4 Å². The molecule has 0 unspecified atom stereocenters. The Hall–Kier alpha value is -2.03. The molecule has 0 atom stereocenters. The molecule has 0 aliphatic rings. The molecule has 0 aliphatic carbocycles. The summed E-state index contributed by atoms with van der Waals surface area (Å²) in [5.41, 5.74) is 1.25. The fourth-order valence-corrected chi connectivity index (χ4v) is 2.49. The monoisotopic (exact) mass is 299 g/mol. The highest BCUT2D eigenvalue weighted by Crippen LogP contribution is 2.36. The molecule has 0 bridgehead atoms. The fraction of sp³-hybridized carbons (Fsp3) is 0.421. The molecule has 0 aromatic heterocycles. The first-order chi connectivity index (χ1) is 10.5. The summed E-state index contributed by atoms with van der Waals surface area (Å²) in [6.07, 6.45) is 2.84. The minimum absolute atomic E-state index is 0.116. The third-order valence-corrected chi connectivity index (χ3v) is 3.45. The lowest BCUT2D eigenvalue weighted by molar-refractivity contribution is 0.406. The summed E-state index contributed by atoms with van der Waals surface area (Å²) in [4.78, 5) is 4.53. The molecule has 3 heteroatoms. The molecule has 0 saturated heterocycles. The molecule has 0 radical (unpaired) electrons. The Labute approximate surface area is 133 Å². The quantitative estimate of drug-likeness (QED) is 0.760. The smallest absolute Gasteiger partial charge is 0.130 e. The van der Waals surface area contributed by atoms with Gasteiger partial charge in [-0.25, -0.2) is 0 Å². The molecular formula is C19H25NO2. The predicted molar refractivity (Wildman–Crippen MR) is 93.6 cm³/mol. The molecule has 0 N–H and O–H groups in total. The van der Waals surface area contributed by atoms with Gasteiger partial charge in [0.1, 0.15) is 11.5 Å². The number of benzene rings is 2. The van der Waals surface area contributed by atoms with Crippen LogP contribution in [0.4, 0.5) is 0 Å². The Bertz CT molecular complexity index is 669. The van der Waals surface area contributed by atoms with Crippen molar-refractivity contribution in [2.75, 3.05) is 20.8 Å². The van der Waals surface area contributed by atoms with Crippen LogP contribution in [0.2, 0.25) is 0 Å². The van der Waals surface area contributed by atoms with Gasteiger partial charge in [0.05, 0.1) is 14.2 Å². The minimum atomic E-state index is 0.116. The number of rotatable bonds is 5. The van der Waals surface area contributed by atoms with Gasteiger partial charge in [-0.05, 0) is 17.9 Å². The number of nitrogens with zero attached hydrogens (tertiary/aromatic N) is 1. The van der Waals surface area contributed by atoms with Crippen LogP contribution in [-0.2, 0) is 6.42 Å². The van der Waals surface area contributed by atoms with E-state index in [0.717, 1.165) is 40.8 Å². The van der Waals surface area contributed by atoms with Crippen molar-refractivity contribution in [3.8, 4) is 11.5 Å². The lowest BCUT2D eigenvalue weighted by Crippen LogP contribution is -2.07. The van der Waals surface area contributed by atoms with Crippen LogP contribution in [0.5, 0.6) is 11.5 Å². The Morgan fingerprint density at radius 3 is 2.32 bits per heavy atom. The van der Waals surface area contributed by atoms with E-state index in [1.54, 1.807) is 14.2 Å². The molecule has 0 aliphatic heterocycles. The van der Waals surface area contributed by atoms with Crippen LogP contribution in [0.25, 0.3) is 10.8 Å². The Kier molecular flexibility index (Phi) is 5.07. The van der Waals surface area contributed by atoms with E-state index in [1.165, 1.54) is 0 Å². The summed E-state index contributed by atoms with van der Waals surface area (Å²) in [7, 11) is 3.42. The SMILES string of the molecule is COc1cc(CCN=CC(C)(C)C)c(OC)c2ccccc12. The van der Waals surface area contributed by atoms with E-state index >= 15 is 0 Å². The van der Waals surface area contributed by atoms with Crippen molar-refractivity contribution in [1.82, 2.24) is 0 Å². The Morgan fingerprint density at radius 1 is 1.05 bits per heavy atom. The molecule has 2 rings (SSSR count). The maximum absolute atomic E-state index is 5.65. The minimum Gasteiger partial charge on any atom is -0.496 e. The molecule has 0 fully saturated rings. The number of aliphatic imine (C=N–C) groups is 1. The van der Waals surface area contributed by atoms with Gasteiger partial charge in [0, 0.05) is 29.1 Å². The van der Waals surface area contributed by atoms with E-state index in [0.29, 0.717) is 0 Å². The highest BCUT2D eigenvalue weighted by atomic mass is 16.5. The lowest BCUT2D eigenvalue weighted by atomic mass is 9.99. The van der Waals surface area contributed by atoms with E-state index in [4.69, 9.17) is 9.47 Å². The number of ether oxygens (including phenoxy) is 2. The third kappa shape index (κ3) is 3.79. The average molecular weight is 299 g/mol. The van der Waals surface area contributed by atoms with Crippen LogP contribution in [0, 0.1) is 5.41 Å². The van der Waals surface area contributed by atoms with Gasteiger partial charge in [-0.2, -0.15) is 0 Å². The highest BCUT2D eigenvalue weighted by molar-refractivity contribution is 5.94. The second-order valence-electron chi connectivity index (χ2n) is 6.47. The van der Waals surface area contributed by atoms with E-state index in [2.05, 4.69) is 44.0 Å². The first-order valence-electron chi connectivity index (χ1n) is 7.60. The van der Waals surface area contributed by atoms with Gasteiger partial charge < -0.3 is 9.47 Å². The van der Waals surface area contributed by atoms with E-state index in [1.807, 2.05) is 18.3 Å². The lowest BCUT2D eigenvalue weighted by Gasteiger charge is -2.15. The summed E-state index contributed by atoms with van der Waals surface area (Å²) in [5.74, 6) is 1.80. The molecule has 0 saturated carbocycles.